The summed E-state index contributed by atoms with van der Waals surface area (Å²) in [6.07, 6.45) is 6.23. The van der Waals surface area contributed by atoms with E-state index in [1.54, 1.807) is 24.3 Å². The van der Waals surface area contributed by atoms with Crippen molar-refractivity contribution in [1.29, 1.82) is 0 Å². The van der Waals surface area contributed by atoms with Gasteiger partial charge in [-0.25, -0.2) is 23.7 Å². The van der Waals surface area contributed by atoms with E-state index in [9.17, 15) is 8.78 Å². The van der Waals surface area contributed by atoms with Crippen molar-refractivity contribution in [2.75, 3.05) is 11.9 Å². The SMILES string of the molecule is Fc1ccccc1-c1nc(NC2=NCC(C3CCC3)=N2)sc1-c1ccncc1F. The number of nitrogens with one attached hydrogen (secondary N) is 1. The van der Waals surface area contributed by atoms with Gasteiger partial charge in [0.15, 0.2) is 5.13 Å². The molecule has 0 spiro atoms. The van der Waals surface area contributed by atoms with E-state index >= 15 is 0 Å². The van der Waals surface area contributed by atoms with Crippen LogP contribution in [0.15, 0.2) is 52.7 Å². The summed E-state index contributed by atoms with van der Waals surface area (Å²) in [5, 5.41) is 3.61. The number of rotatable bonds is 4. The minimum absolute atomic E-state index is 0.315. The van der Waals surface area contributed by atoms with Crippen LogP contribution in [0, 0.1) is 17.6 Å². The first-order chi connectivity index (χ1) is 14.2. The fourth-order valence-electron chi connectivity index (χ4n) is 3.44. The van der Waals surface area contributed by atoms with Crippen molar-refractivity contribution in [2.24, 2.45) is 15.9 Å². The Bertz CT molecular complexity index is 1070. The number of pyridine rings is 1. The zero-order chi connectivity index (χ0) is 19.8. The predicted octanol–water partition coefficient (Wildman–Crippen LogP) is 5.17. The molecule has 1 saturated carbocycles. The maximum Gasteiger partial charge on any atom is 0.224 e. The number of guanidine groups is 1. The Morgan fingerprint density at radius 1 is 1.03 bits per heavy atom. The largest absolute Gasteiger partial charge is 0.300 e. The fourth-order valence-corrected chi connectivity index (χ4v) is 4.44. The van der Waals surface area contributed by atoms with Gasteiger partial charge in [-0.15, -0.1) is 0 Å². The number of anilines is 1. The maximum atomic E-state index is 14.5. The van der Waals surface area contributed by atoms with Crippen LogP contribution in [0.2, 0.25) is 0 Å². The molecule has 2 aromatic heterocycles. The Labute approximate surface area is 170 Å². The first kappa shape index (κ1) is 18.1. The molecule has 2 aliphatic rings. The molecule has 1 N–H and O–H groups in total. The Hall–Kier alpha value is -3.00. The summed E-state index contributed by atoms with van der Waals surface area (Å²) in [6.45, 7) is 0.602. The molecule has 5 nitrogen and oxygen atoms in total. The second-order valence-corrected chi connectivity index (χ2v) is 8.03. The summed E-state index contributed by atoms with van der Waals surface area (Å²) in [4.78, 5) is 17.9. The lowest BCUT2D eigenvalue weighted by atomic mass is 9.82. The van der Waals surface area contributed by atoms with E-state index in [4.69, 9.17) is 0 Å². The monoisotopic (exact) mass is 409 g/mol. The maximum absolute atomic E-state index is 14.5. The Morgan fingerprint density at radius 2 is 1.90 bits per heavy atom. The van der Waals surface area contributed by atoms with E-state index in [0.717, 1.165) is 11.9 Å². The van der Waals surface area contributed by atoms with Crippen LogP contribution >= 0.6 is 11.3 Å². The average Bonchev–Trinajstić information content (AvgIpc) is 3.29. The van der Waals surface area contributed by atoms with Gasteiger partial charge in [0.2, 0.25) is 5.96 Å². The van der Waals surface area contributed by atoms with Crippen molar-refractivity contribution in [3.63, 3.8) is 0 Å². The number of benzene rings is 1. The molecule has 8 heteroatoms. The molecule has 0 bridgehead atoms. The summed E-state index contributed by atoms with van der Waals surface area (Å²) in [7, 11) is 0. The number of hydrogen-bond donors (Lipinski definition) is 1. The average molecular weight is 409 g/mol. The Morgan fingerprint density at radius 3 is 2.66 bits per heavy atom. The molecule has 0 saturated heterocycles. The van der Waals surface area contributed by atoms with Crippen molar-refractivity contribution >= 4 is 28.1 Å². The number of thiazole rings is 1. The van der Waals surface area contributed by atoms with Gasteiger partial charge in [-0.2, -0.15) is 0 Å². The highest BCUT2D eigenvalue weighted by Crippen LogP contribution is 2.40. The smallest absolute Gasteiger partial charge is 0.224 e. The van der Waals surface area contributed by atoms with Gasteiger partial charge in [-0.1, -0.05) is 29.9 Å². The molecule has 0 radical (unpaired) electrons. The fraction of sp³-hybridized carbons (Fsp3) is 0.238. The molecule has 1 aromatic carbocycles. The molecule has 3 aromatic rings. The molecular formula is C21H17F2N5S. The molecule has 29 heavy (non-hydrogen) atoms. The second-order valence-electron chi connectivity index (χ2n) is 7.03. The Kier molecular flexibility index (Phi) is 4.63. The third-order valence-corrected chi connectivity index (χ3v) is 6.21. The lowest BCUT2D eigenvalue weighted by Crippen LogP contribution is -2.23. The van der Waals surface area contributed by atoms with Crippen LogP contribution < -0.4 is 5.32 Å². The topological polar surface area (TPSA) is 62.5 Å². The van der Waals surface area contributed by atoms with Gasteiger partial charge < -0.3 is 5.32 Å². The molecule has 1 fully saturated rings. The number of aliphatic imine (C=N–C) groups is 2. The molecule has 1 aliphatic carbocycles. The first-order valence-corrected chi connectivity index (χ1v) is 10.3. The summed E-state index contributed by atoms with van der Waals surface area (Å²) in [5.41, 5.74) is 2.12. The van der Waals surface area contributed by atoms with Crippen LogP contribution in [0.4, 0.5) is 13.9 Å². The van der Waals surface area contributed by atoms with Crippen LogP contribution in [-0.2, 0) is 0 Å². The molecule has 0 atom stereocenters. The summed E-state index contributed by atoms with van der Waals surface area (Å²) < 4.78 is 28.9. The van der Waals surface area contributed by atoms with Gasteiger partial charge in [0, 0.05) is 23.0 Å². The molecule has 3 heterocycles. The van der Waals surface area contributed by atoms with Gasteiger partial charge in [0.25, 0.3) is 0 Å². The van der Waals surface area contributed by atoms with Gasteiger partial charge in [0.1, 0.15) is 11.6 Å². The van der Waals surface area contributed by atoms with E-state index in [0.29, 0.717) is 45.3 Å². The number of nitrogens with zero attached hydrogens (tertiary/aromatic N) is 4. The Balaban J connectivity index is 1.53. The summed E-state index contributed by atoms with van der Waals surface area (Å²) in [6, 6.07) is 7.91. The van der Waals surface area contributed by atoms with Crippen LogP contribution in [0.1, 0.15) is 19.3 Å². The van der Waals surface area contributed by atoms with Crippen LogP contribution in [-0.4, -0.2) is 28.2 Å². The predicted molar refractivity (Wildman–Crippen MR) is 111 cm³/mol. The van der Waals surface area contributed by atoms with Crippen molar-refractivity contribution in [3.8, 4) is 21.7 Å². The van der Waals surface area contributed by atoms with E-state index < -0.39 is 11.6 Å². The van der Waals surface area contributed by atoms with E-state index in [2.05, 4.69) is 25.3 Å². The van der Waals surface area contributed by atoms with Crippen molar-refractivity contribution in [1.82, 2.24) is 9.97 Å². The van der Waals surface area contributed by atoms with Gasteiger partial charge >= 0.3 is 0 Å². The molecule has 5 rings (SSSR count). The molecule has 1 aliphatic heterocycles. The molecule has 146 valence electrons. The van der Waals surface area contributed by atoms with E-state index in [1.807, 2.05) is 0 Å². The highest BCUT2D eigenvalue weighted by atomic mass is 32.1. The highest BCUT2D eigenvalue weighted by Gasteiger charge is 2.27. The standard InChI is InChI=1S/C21H17F2N5S/c22-15-7-2-1-6-13(15)18-19(14-8-9-24-10-16(14)23)29-21(27-18)28-20-25-11-17(26-20)12-4-3-5-12/h1-2,6-10,12H,3-5,11H2,(H,25,27,28). The molecular weight excluding hydrogens is 392 g/mol. The van der Waals surface area contributed by atoms with Crippen LogP contribution in [0.3, 0.4) is 0 Å². The summed E-state index contributed by atoms with van der Waals surface area (Å²) in [5.74, 6) is 0.139. The van der Waals surface area contributed by atoms with E-state index in [1.165, 1.54) is 42.9 Å². The lowest BCUT2D eigenvalue weighted by Gasteiger charge is -2.24. The second kappa shape index (κ2) is 7.44. The van der Waals surface area contributed by atoms with Crippen molar-refractivity contribution in [2.45, 2.75) is 19.3 Å². The quantitative estimate of drug-likeness (QED) is 0.646. The number of hydrogen-bond acceptors (Lipinski definition) is 6. The van der Waals surface area contributed by atoms with Crippen LogP contribution in [0.25, 0.3) is 21.7 Å². The van der Waals surface area contributed by atoms with Gasteiger partial charge in [0.05, 0.1) is 23.3 Å². The van der Waals surface area contributed by atoms with Crippen molar-refractivity contribution < 1.29 is 8.78 Å². The molecule has 0 amide bonds. The minimum atomic E-state index is -0.483. The third-order valence-electron chi connectivity index (χ3n) is 5.21. The third kappa shape index (κ3) is 3.44. The summed E-state index contributed by atoms with van der Waals surface area (Å²) >= 11 is 1.24. The molecule has 0 unspecified atom stereocenters. The van der Waals surface area contributed by atoms with E-state index in [-0.39, 0.29) is 0 Å². The minimum Gasteiger partial charge on any atom is -0.300 e. The number of aromatic nitrogens is 2. The number of halogens is 2. The van der Waals surface area contributed by atoms with Crippen LogP contribution in [0.5, 0.6) is 0 Å². The normalized spacial score (nSPS) is 16.3. The van der Waals surface area contributed by atoms with Gasteiger partial charge in [-0.3, -0.25) is 4.98 Å². The first-order valence-electron chi connectivity index (χ1n) is 9.43. The zero-order valence-corrected chi connectivity index (χ0v) is 16.2. The highest BCUT2D eigenvalue weighted by molar-refractivity contribution is 7.19. The van der Waals surface area contributed by atoms with Crippen molar-refractivity contribution in [3.05, 3.63) is 54.4 Å². The lowest BCUT2D eigenvalue weighted by molar-refractivity contribution is 0.412. The zero-order valence-electron chi connectivity index (χ0n) is 15.4. The van der Waals surface area contributed by atoms with Gasteiger partial charge in [-0.05, 0) is 37.0 Å².